The predicted octanol–water partition coefficient (Wildman–Crippen LogP) is 1.70. The Hall–Kier alpha value is -1.14. The minimum atomic E-state index is -0.0842. The van der Waals surface area contributed by atoms with Crippen LogP contribution in [0.1, 0.15) is 58.8 Å². The van der Waals surface area contributed by atoms with Crippen molar-refractivity contribution in [2.24, 2.45) is 5.92 Å². The summed E-state index contributed by atoms with van der Waals surface area (Å²) in [4.78, 5) is 31.7. The average Bonchev–Trinajstić information content (AvgIpc) is 2.70. The zero-order valence-corrected chi connectivity index (χ0v) is 17.3. The number of rotatable bonds is 5. The second-order valence-corrected chi connectivity index (χ2v) is 8.81. The van der Waals surface area contributed by atoms with Crippen LogP contribution in [0.2, 0.25) is 0 Å². The molecule has 0 bridgehead atoms. The van der Waals surface area contributed by atoms with Gasteiger partial charge < -0.3 is 10.2 Å². The fourth-order valence-corrected chi connectivity index (χ4v) is 4.74. The van der Waals surface area contributed by atoms with Gasteiger partial charge in [0.15, 0.2) is 0 Å². The highest BCUT2D eigenvalue weighted by molar-refractivity contribution is 5.81. The second-order valence-electron chi connectivity index (χ2n) is 8.81. The van der Waals surface area contributed by atoms with Crippen LogP contribution in [0.5, 0.6) is 0 Å². The first-order valence-electron chi connectivity index (χ1n) is 11.1. The number of nitrogens with one attached hydrogen (secondary N) is 1. The van der Waals surface area contributed by atoms with Gasteiger partial charge in [0.2, 0.25) is 11.8 Å². The Kier molecular flexibility index (Phi) is 7.53. The number of hydrogen-bond acceptors (Lipinski definition) is 4. The minimum absolute atomic E-state index is 0.0842. The molecule has 2 amide bonds. The van der Waals surface area contributed by atoms with Crippen LogP contribution in [-0.2, 0) is 9.59 Å². The maximum Gasteiger partial charge on any atom is 0.237 e. The molecule has 2 saturated heterocycles. The van der Waals surface area contributed by atoms with Crippen LogP contribution in [0.25, 0.3) is 0 Å². The molecule has 3 unspecified atom stereocenters. The van der Waals surface area contributed by atoms with E-state index < -0.39 is 0 Å². The third kappa shape index (κ3) is 5.67. The summed E-state index contributed by atoms with van der Waals surface area (Å²) >= 11 is 0. The molecule has 3 atom stereocenters. The number of carbonyl (C=O) groups excluding carboxylic acids is 2. The lowest BCUT2D eigenvalue weighted by Gasteiger charge is -2.39. The van der Waals surface area contributed by atoms with Gasteiger partial charge in [0.25, 0.3) is 0 Å². The van der Waals surface area contributed by atoms with Gasteiger partial charge in [-0.25, -0.2) is 0 Å². The summed E-state index contributed by atoms with van der Waals surface area (Å²) in [6, 6.07) is 0.260. The highest BCUT2D eigenvalue weighted by atomic mass is 16.2. The lowest BCUT2D eigenvalue weighted by molar-refractivity contribution is -0.134. The van der Waals surface area contributed by atoms with E-state index in [2.05, 4.69) is 22.0 Å². The van der Waals surface area contributed by atoms with E-state index in [1.54, 1.807) is 0 Å². The summed E-state index contributed by atoms with van der Waals surface area (Å²) in [6.07, 6.45) is 8.41. The van der Waals surface area contributed by atoms with Gasteiger partial charge in [-0.2, -0.15) is 0 Å². The van der Waals surface area contributed by atoms with Gasteiger partial charge in [-0.15, -0.1) is 0 Å². The molecule has 27 heavy (non-hydrogen) atoms. The Morgan fingerprint density at radius 3 is 2.26 bits per heavy atom. The Balaban J connectivity index is 1.40. The molecule has 3 fully saturated rings. The molecule has 154 valence electrons. The normalized spacial score (nSPS) is 29.3. The molecular formula is C21H38N4O2. The maximum atomic E-state index is 12.7. The molecule has 0 aromatic carbocycles. The molecular weight excluding hydrogens is 340 g/mol. The van der Waals surface area contributed by atoms with Gasteiger partial charge in [0, 0.05) is 45.3 Å². The predicted molar refractivity (Wildman–Crippen MR) is 107 cm³/mol. The number of carbonyl (C=O) groups is 2. The van der Waals surface area contributed by atoms with Gasteiger partial charge in [-0.05, 0) is 44.9 Å². The van der Waals surface area contributed by atoms with Crippen LogP contribution in [0.15, 0.2) is 0 Å². The SMILES string of the molecule is CC1CCCCC1NC(=O)C(C)N1CCN(CC(=O)N2CCCCC2)CC1. The molecule has 0 aromatic heterocycles. The van der Waals surface area contributed by atoms with E-state index in [9.17, 15) is 9.59 Å². The highest BCUT2D eigenvalue weighted by Gasteiger charge is 2.30. The Morgan fingerprint density at radius 2 is 1.59 bits per heavy atom. The first-order chi connectivity index (χ1) is 13.0. The zero-order chi connectivity index (χ0) is 19.2. The standard InChI is InChI=1S/C21H38N4O2/c1-17-8-4-5-9-19(17)22-21(27)18(2)24-14-12-23(13-15-24)16-20(26)25-10-6-3-7-11-25/h17-19H,3-16H2,1-2H3,(H,22,27). The third-order valence-corrected chi connectivity index (χ3v) is 6.84. The summed E-state index contributed by atoms with van der Waals surface area (Å²) in [5.41, 5.74) is 0. The first kappa shape index (κ1) is 20.6. The quantitative estimate of drug-likeness (QED) is 0.791. The molecule has 3 aliphatic rings. The minimum Gasteiger partial charge on any atom is -0.352 e. The van der Waals surface area contributed by atoms with E-state index in [4.69, 9.17) is 0 Å². The average molecular weight is 379 g/mol. The van der Waals surface area contributed by atoms with Crippen LogP contribution in [0.3, 0.4) is 0 Å². The Labute approximate surface area is 164 Å². The van der Waals surface area contributed by atoms with E-state index in [1.807, 2.05) is 11.8 Å². The van der Waals surface area contributed by atoms with Crippen molar-refractivity contribution in [3.05, 3.63) is 0 Å². The van der Waals surface area contributed by atoms with E-state index in [0.29, 0.717) is 18.5 Å². The number of piperazine rings is 1. The first-order valence-corrected chi connectivity index (χ1v) is 11.1. The van der Waals surface area contributed by atoms with Crippen molar-refractivity contribution in [1.82, 2.24) is 20.0 Å². The summed E-state index contributed by atoms with van der Waals surface area (Å²) in [5.74, 6) is 1.04. The molecule has 3 rings (SSSR count). The van der Waals surface area contributed by atoms with Crippen molar-refractivity contribution in [3.8, 4) is 0 Å². The van der Waals surface area contributed by atoms with Gasteiger partial charge in [-0.3, -0.25) is 19.4 Å². The number of nitrogens with zero attached hydrogens (tertiary/aromatic N) is 3. The van der Waals surface area contributed by atoms with Crippen molar-refractivity contribution < 1.29 is 9.59 Å². The smallest absolute Gasteiger partial charge is 0.237 e. The zero-order valence-electron chi connectivity index (χ0n) is 17.3. The third-order valence-electron chi connectivity index (χ3n) is 6.84. The monoisotopic (exact) mass is 378 g/mol. The fourth-order valence-electron chi connectivity index (χ4n) is 4.74. The van der Waals surface area contributed by atoms with E-state index in [0.717, 1.165) is 58.5 Å². The molecule has 1 saturated carbocycles. The molecule has 6 nitrogen and oxygen atoms in total. The molecule has 2 heterocycles. The van der Waals surface area contributed by atoms with Gasteiger partial charge >= 0.3 is 0 Å². The number of amides is 2. The largest absolute Gasteiger partial charge is 0.352 e. The summed E-state index contributed by atoms with van der Waals surface area (Å²) in [6.45, 7) is 10.1. The van der Waals surface area contributed by atoms with E-state index in [-0.39, 0.29) is 17.9 Å². The molecule has 0 aromatic rings. The lowest BCUT2D eigenvalue weighted by atomic mass is 9.86. The molecule has 0 radical (unpaired) electrons. The second kappa shape index (κ2) is 9.87. The van der Waals surface area contributed by atoms with Crippen molar-refractivity contribution >= 4 is 11.8 Å². The Bertz CT molecular complexity index is 498. The summed E-state index contributed by atoms with van der Waals surface area (Å²) in [5, 5.41) is 3.30. The topological polar surface area (TPSA) is 55.9 Å². The lowest BCUT2D eigenvalue weighted by Crippen LogP contribution is -2.56. The van der Waals surface area contributed by atoms with E-state index >= 15 is 0 Å². The van der Waals surface area contributed by atoms with Crippen molar-refractivity contribution in [3.63, 3.8) is 0 Å². The molecule has 1 aliphatic carbocycles. The number of piperidine rings is 1. The number of likely N-dealkylation sites (tertiary alicyclic amines) is 1. The molecule has 1 N–H and O–H groups in total. The summed E-state index contributed by atoms with van der Waals surface area (Å²) < 4.78 is 0. The molecule has 0 spiro atoms. The van der Waals surface area contributed by atoms with Gasteiger partial charge in [-0.1, -0.05) is 19.8 Å². The maximum absolute atomic E-state index is 12.7. The van der Waals surface area contributed by atoms with E-state index in [1.165, 1.54) is 25.7 Å². The van der Waals surface area contributed by atoms with Crippen molar-refractivity contribution in [2.45, 2.75) is 70.9 Å². The molecule has 2 aliphatic heterocycles. The summed E-state index contributed by atoms with van der Waals surface area (Å²) in [7, 11) is 0. The fraction of sp³-hybridized carbons (Fsp3) is 0.905. The van der Waals surface area contributed by atoms with Crippen molar-refractivity contribution in [1.29, 1.82) is 0 Å². The van der Waals surface area contributed by atoms with Crippen LogP contribution in [0.4, 0.5) is 0 Å². The highest BCUT2D eigenvalue weighted by Crippen LogP contribution is 2.24. The number of hydrogen-bond donors (Lipinski definition) is 1. The molecule has 6 heteroatoms. The van der Waals surface area contributed by atoms with Crippen molar-refractivity contribution in [2.75, 3.05) is 45.8 Å². The van der Waals surface area contributed by atoms with Gasteiger partial charge in [0.1, 0.15) is 0 Å². The Morgan fingerprint density at radius 1 is 0.926 bits per heavy atom. The van der Waals surface area contributed by atoms with Crippen LogP contribution < -0.4 is 5.32 Å². The van der Waals surface area contributed by atoms with Gasteiger partial charge in [0.05, 0.1) is 12.6 Å². The van der Waals surface area contributed by atoms with Crippen LogP contribution >= 0.6 is 0 Å². The van der Waals surface area contributed by atoms with Crippen LogP contribution in [0, 0.1) is 5.92 Å². The van der Waals surface area contributed by atoms with Crippen LogP contribution in [-0.4, -0.2) is 84.4 Å².